The first kappa shape index (κ1) is 20.4. The van der Waals surface area contributed by atoms with Crippen LogP contribution < -0.4 is 5.32 Å². The molecular weight excluding hydrogens is 354 g/mol. The van der Waals surface area contributed by atoms with E-state index in [1.54, 1.807) is 0 Å². The molecule has 1 unspecified atom stereocenters. The van der Waals surface area contributed by atoms with Crippen LogP contribution in [0.3, 0.4) is 0 Å². The van der Waals surface area contributed by atoms with Gasteiger partial charge in [-0.1, -0.05) is 48.5 Å². The molecule has 0 bridgehead atoms. The van der Waals surface area contributed by atoms with Gasteiger partial charge >= 0.3 is 6.09 Å². The van der Waals surface area contributed by atoms with Crippen molar-refractivity contribution in [3.63, 3.8) is 0 Å². The number of carbonyl (C=O) groups is 1. The van der Waals surface area contributed by atoms with Gasteiger partial charge in [-0.2, -0.15) is 0 Å². The summed E-state index contributed by atoms with van der Waals surface area (Å²) >= 11 is 0. The van der Waals surface area contributed by atoms with E-state index in [0.29, 0.717) is 13.2 Å². The predicted octanol–water partition coefficient (Wildman–Crippen LogP) is 3.95. The van der Waals surface area contributed by atoms with Crippen molar-refractivity contribution in [2.24, 2.45) is 5.92 Å². The molecule has 3 rings (SSSR count). The zero-order valence-electron chi connectivity index (χ0n) is 16.8. The number of fused-ring (bicyclic) bond motifs is 3. The zero-order chi connectivity index (χ0) is 20.1. The summed E-state index contributed by atoms with van der Waals surface area (Å²) in [6.07, 6.45) is -0.476. The molecule has 150 valence electrons. The number of alkyl carbamates (subject to hydrolysis) is 1. The molecule has 0 saturated heterocycles. The fourth-order valence-corrected chi connectivity index (χ4v) is 3.42. The molecule has 5 nitrogen and oxygen atoms in total. The van der Waals surface area contributed by atoms with Gasteiger partial charge in [0.15, 0.2) is 0 Å². The third-order valence-electron chi connectivity index (χ3n) is 4.89. The maximum atomic E-state index is 12.2. The number of hydrogen-bond donors (Lipinski definition) is 2. The first-order chi connectivity index (χ1) is 13.4. The number of carbonyl (C=O) groups excluding carboxylic acids is 1. The second kappa shape index (κ2) is 8.76. The quantitative estimate of drug-likeness (QED) is 0.760. The maximum absolute atomic E-state index is 12.2. The van der Waals surface area contributed by atoms with Crippen molar-refractivity contribution in [2.75, 3.05) is 26.4 Å². The molecule has 1 aliphatic carbocycles. The number of benzene rings is 2. The fraction of sp³-hybridized carbons (Fsp3) is 0.435. The minimum Gasteiger partial charge on any atom is -0.449 e. The van der Waals surface area contributed by atoms with Gasteiger partial charge in [0.25, 0.3) is 0 Å². The van der Waals surface area contributed by atoms with Gasteiger partial charge in [0.1, 0.15) is 6.61 Å². The van der Waals surface area contributed by atoms with E-state index >= 15 is 0 Å². The summed E-state index contributed by atoms with van der Waals surface area (Å²) in [5, 5.41) is 12.2. The average molecular weight is 383 g/mol. The molecule has 0 aromatic heterocycles. The van der Waals surface area contributed by atoms with Crippen molar-refractivity contribution in [1.82, 2.24) is 5.32 Å². The number of rotatable bonds is 7. The molecule has 2 aromatic carbocycles. The monoisotopic (exact) mass is 383 g/mol. The largest absolute Gasteiger partial charge is 0.449 e. The summed E-state index contributed by atoms with van der Waals surface area (Å²) in [7, 11) is 0. The Morgan fingerprint density at radius 1 is 1.07 bits per heavy atom. The number of aliphatic hydroxyl groups excluding tert-OH is 1. The number of amides is 1. The molecule has 0 spiro atoms. The number of ether oxygens (including phenoxy) is 2. The van der Waals surface area contributed by atoms with Crippen molar-refractivity contribution < 1.29 is 19.4 Å². The van der Waals surface area contributed by atoms with Gasteiger partial charge in [-0.25, -0.2) is 4.79 Å². The van der Waals surface area contributed by atoms with E-state index in [1.165, 1.54) is 22.3 Å². The van der Waals surface area contributed by atoms with E-state index in [1.807, 2.05) is 45.0 Å². The highest BCUT2D eigenvalue weighted by Gasteiger charge is 2.29. The molecule has 1 amide bonds. The molecule has 0 radical (unpaired) electrons. The van der Waals surface area contributed by atoms with E-state index < -0.39 is 6.09 Å². The topological polar surface area (TPSA) is 67.8 Å². The van der Waals surface area contributed by atoms with Crippen molar-refractivity contribution in [2.45, 2.75) is 32.3 Å². The summed E-state index contributed by atoms with van der Waals surface area (Å²) in [6, 6.07) is 16.5. The number of aliphatic hydroxyl groups is 1. The van der Waals surface area contributed by atoms with E-state index in [2.05, 4.69) is 29.6 Å². The van der Waals surface area contributed by atoms with E-state index in [-0.39, 0.29) is 30.7 Å². The van der Waals surface area contributed by atoms with Gasteiger partial charge in [-0.15, -0.1) is 0 Å². The fourth-order valence-electron chi connectivity index (χ4n) is 3.42. The first-order valence-electron chi connectivity index (χ1n) is 9.72. The smallest absolute Gasteiger partial charge is 0.407 e. The highest BCUT2D eigenvalue weighted by Crippen LogP contribution is 2.44. The molecule has 0 heterocycles. The Balaban J connectivity index is 1.55. The Hall–Kier alpha value is -2.37. The van der Waals surface area contributed by atoms with Crippen molar-refractivity contribution in [3.05, 3.63) is 59.7 Å². The summed E-state index contributed by atoms with van der Waals surface area (Å²) in [4.78, 5) is 12.2. The Labute approximate surface area is 166 Å². The minimum absolute atomic E-state index is 0.0380. The van der Waals surface area contributed by atoms with Crippen LogP contribution in [0.4, 0.5) is 4.79 Å². The van der Waals surface area contributed by atoms with Crippen LogP contribution in [-0.4, -0.2) is 43.2 Å². The van der Waals surface area contributed by atoms with Crippen LogP contribution in [0.1, 0.15) is 37.8 Å². The molecule has 2 N–H and O–H groups in total. The summed E-state index contributed by atoms with van der Waals surface area (Å²) in [5.41, 5.74) is 4.49. The molecular formula is C23H29NO4. The molecule has 0 fully saturated rings. The normalized spacial score (nSPS) is 14.3. The standard InChI is InChI=1S/C23H29NO4/c1-23(2,3)28-14-16(13-25)12-24-22(26)27-15-21-19-10-6-4-8-17(19)18-9-5-7-11-20(18)21/h4-11,16,21,25H,12-15H2,1-3H3,(H,24,26). The van der Waals surface area contributed by atoms with Crippen LogP contribution in [0.25, 0.3) is 11.1 Å². The lowest BCUT2D eigenvalue weighted by molar-refractivity contribution is -0.0303. The lowest BCUT2D eigenvalue weighted by Gasteiger charge is -2.23. The SMILES string of the molecule is CC(C)(C)OCC(CO)CNC(=O)OCC1c2ccccc2-c2ccccc21. The van der Waals surface area contributed by atoms with Gasteiger partial charge in [-0.3, -0.25) is 0 Å². The van der Waals surface area contributed by atoms with Crippen molar-refractivity contribution in [3.8, 4) is 11.1 Å². The Kier molecular flexibility index (Phi) is 6.37. The summed E-state index contributed by atoms with van der Waals surface area (Å²) < 4.78 is 11.2. The highest BCUT2D eigenvalue weighted by atomic mass is 16.5. The second-order valence-corrected chi connectivity index (χ2v) is 8.18. The maximum Gasteiger partial charge on any atom is 0.407 e. The van der Waals surface area contributed by atoms with Crippen LogP contribution in [0, 0.1) is 5.92 Å². The van der Waals surface area contributed by atoms with Gasteiger partial charge in [-0.05, 0) is 43.0 Å². The molecule has 1 atom stereocenters. The highest BCUT2D eigenvalue weighted by molar-refractivity contribution is 5.79. The molecule has 0 saturated carbocycles. The van der Waals surface area contributed by atoms with Gasteiger partial charge < -0.3 is 19.9 Å². The van der Waals surface area contributed by atoms with Gasteiger partial charge in [0.05, 0.1) is 12.2 Å². The predicted molar refractivity (Wildman–Crippen MR) is 109 cm³/mol. The molecule has 2 aromatic rings. The molecule has 0 aliphatic heterocycles. The Morgan fingerprint density at radius 3 is 2.18 bits per heavy atom. The third-order valence-corrected chi connectivity index (χ3v) is 4.89. The number of hydrogen-bond acceptors (Lipinski definition) is 4. The van der Waals surface area contributed by atoms with Crippen LogP contribution in [-0.2, 0) is 9.47 Å². The Bertz CT molecular complexity index is 767. The average Bonchev–Trinajstić information content (AvgIpc) is 2.99. The van der Waals surface area contributed by atoms with E-state index in [4.69, 9.17) is 9.47 Å². The third kappa shape index (κ3) is 4.91. The van der Waals surface area contributed by atoms with Gasteiger partial charge in [0.2, 0.25) is 0 Å². The van der Waals surface area contributed by atoms with Crippen molar-refractivity contribution >= 4 is 6.09 Å². The van der Waals surface area contributed by atoms with E-state index in [9.17, 15) is 9.90 Å². The lowest BCUT2D eigenvalue weighted by Crippen LogP contribution is -2.35. The van der Waals surface area contributed by atoms with Crippen LogP contribution in [0.15, 0.2) is 48.5 Å². The summed E-state index contributed by atoms with van der Waals surface area (Å²) in [5.74, 6) is -0.129. The Morgan fingerprint density at radius 2 is 1.64 bits per heavy atom. The van der Waals surface area contributed by atoms with Crippen LogP contribution in [0.2, 0.25) is 0 Å². The number of nitrogens with one attached hydrogen (secondary N) is 1. The first-order valence-corrected chi connectivity index (χ1v) is 9.72. The lowest BCUT2D eigenvalue weighted by atomic mass is 9.98. The minimum atomic E-state index is -0.476. The van der Waals surface area contributed by atoms with Crippen LogP contribution in [0.5, 0.6) is 0 Å². The van der Waals surface area contributed by atoms with Crippen LogP contribution >= 0.6 is 0 Å². The van der Waals surface area contributed by atoms with Crippen molar-refractivity contribution in [1.29, 1.82) is 0 Å². The molecule has 1 aliphatic rings. The molecule has 5 heteroatoms. The zero-order valence-corrected chi connectivity index (χ0v) is 16.8. The van der Waals surface area contributed by atoms with Gasteiger partial charge in [0, 0.05) is 25.0 Å². The van der Waals surface area contributed by atoms with E-state index in [0.717, 1.165) is 0 Å². The second-order valence-electron chi connectivity index (χ2n) is 8.18. The summed E-state index contributed by atoms with van der Waals surface area (Å²) in [6.45, 7) is 6.79. The molecule has 28 heavy (non-hydrogen) atoms.